The second kappa shape index (κ2) is 6.62. The van der Waals surface area contributed by atoms with Crippen molar-refractivity contribution in [2.45, 2.75) is 50.6 Å². The SMILES string of the molecule is CCC(CCCN1CCS(=O)(=O)CC1)(NC1CC1)C(=O)O. The van der Waals surface area contributed by atoms with Crippen molar-refractivity contribution in [2.24, 2.45) is 0 Å². The molecule has 0 amide bonds. The summed E-state index contributed by atoms with van der Waals surface area (Å²) in [6.45, 7) is 3.84. The van der Waals surface area contributed by atoms with Gasteiger partial charge in [0.2, 0.25) is 0 Å². The van der Waals surface area contributed by atoms with Crippen LogP contribution in [0.1, 0.15) is 39.0 Å². The van der Waals surface area contributed by atoms with Gasteiger partial charge in [-0.15, -0.1) is 0 Å². The van der Waals surface area contributed by atoms with Crippen LogP contribution >= 0.6 is 0 Å². The average molecular weight is 318 g/mol. The van der Waals surface area contributed by atoms with Crippen LogP contribution in [-0.4, -0.2) is 67.1 Å². The van der Waals surface area contributed by atoms with Gasteiger partial charge in [0.25, 0.3) is 0 Å². The molecule has 1 atom stereocenters. The predicted octanol–water partition coefficient (Wildman–Crippen LogP) is 0.482. The lowest BCUT2D eigenvalue weighted by Crippen LogP contribution is -2.53. The zero-order chi connectivity index (χ0) is 15.5. The first-order valence-corrected chi connectivity index (χ1v) is 9.63. The van der Waals surface area contributed by atoms with Crippen LogP contribution in [0.3, 0.4) is 0 Å². The smallest absolute Gasteiger partial charge is 0.323 e. The van der Waals surface area contributed by atoms with E-state index in [1.54, 1.807) is 0 Å². The number of hydrogen-bond donors (Lipinski definition) is 2. The van der Waals surface area contributed by atoms with Crippen molar-refractivity contribution in [2.75, 3.05) is 31.1 Å². The number of hydrogen-bond acceptors (Lipinski definition) is 5. The van der Waals surface area contributed by atoms with Crippen molar-refractivity contribution >= 4 is 15.8 Å². The molecule has 6 nitrogen and oxygen atoms in total. The Hall–Kier alpha value is -0.660. The van der Waals surface area contributed by atoms with Crippen LogP contribution in [0.25, 0.3) is 0 Å². The van der Waals surface area contributed by atoms with Crippen molar-refractivity contribution in [3.8, 4) is 0 Å². The molecule has 2 fully saturated rings. The van der Waals surface area contributed by atoms with Gasteiger partial charge in [-0.05, 0) is 38.6 Å². The lowest BCUT2D eigenvalue weighted by atomic mass is 9.90. The highest BCUT2D eigenvalue weighted by Crippen LogP contribution is 2.27. The average Bonchev–Trinajstić information content (AvgIpc) is 3.23. The molecule has 1 saturated heterocycles. The molecule has 2 rings (SSSR count). The van der Waals surface area contributed by atoms with E-state index in [1.165, 1.54) is 0 Å². The van der Waals surface area contributed by atoms with Crippen LogP contribution in [0.5, 0.6) is 0 Å². The molecule has 1 heterocycles. The van der Waals surface area contributed by atoms with Crippen molar-refractivity contribution in [1.29, 1.82) is 0 Å². The van der Waals surface area contributed by atoms with Gasteiger partial charge in [0.15, 0.2) is 9.84 Å². The highest BCUT2D eigenvalue weighted by atomic mass is 32.2. The van der Waals surface area contributed by atoms with Crippen LogP contribution in [-0.2, 0) is 14.6 Å². The molecule has 2 N–H and O–H groups in total. The highest BCUT2D eigenvalue weighted by Gasteiger charge is 2.40. The van der Waals surface area contributed by atoms with Crippen molar-refractivity contribution in [3.05, 3.63) is 0 Å². The zero-order valence-electron chi connectivity index (χ0n) is 12.7. The summed E-state index contributed by atoms with van der Waals surface area (Å²) in [6.07, 6.45) is 4.09. The minimum atomic E-state index is -2.84. The standard InChI is InChI=1S/C14H26N2O4S/c1-2-14(13(17)18,15-12-4-5-12)6-3-7-16-8-10-21(19,20)11-9-16/h12,15H,2-11H2,1H3,(H,17,18). The summed E-state index contributed by atoms with van der Waals surface area (Å²) in [5, 5.41) is 12.8. The Morgan fingerprint density at radius 3 is 2.43 bits per heavy atom. The number of carboxylic acids is 1. The number of sulfone groups is 1. The van der Waals surface area contributed by atoms with E-state index in [0.29, 0.717) is 32.0 Å². The normalized spacial score (nSPS) is 25.4. The van der Waals surface area contributed by atoms with Crippen LogP contribution in [0.2, 0.25) is 0 Å². The number of nitrogens with zero attached hydrogens (tertiary/aromatic N) is 1. The minimum Gasteiger partial charge on any atom is -0.480 e. The van der Waals surface area contributed by atoms with Gasteiger partial charge < -0.3 is 10.0 Å². The summed E-state index contributed by atoms with van der Waals surface area (Å²) in [5.74, 6) is -0.311. The fourth-order valence-electron chi connectivity index (χ4n) is 2.87. The number of nitrogens with one attached hydrogen (secondary N) is 1. The quantitative estimate of drug-likeness (QED) is 0.677. The van der Waals surface area contributed by atoms with Gasteiger partial charge in [0, 0.05) is 19.1 Å². The van der Waals surface area contributed by atoms with E-state index in [9.17, 15) is 18.3 Å². The van der Waals surface area contributed by atoms with E-state index in [1.807, 2.05) is 6.92 Å². The largest absolute Gasteiger partial charge is 0.480 e. The molecule has 1 unspecified atom stereocenters. The number of carbonyl (C=O) groups is 1. The molecule has 1 aliphatic carbocycles. The monoisotopic (exact) mass is 318 g/mol. The van der Waals surface area contributed by atoms with Gasteiger partial charge in [0.05, 0.1) is 11.5 Å². The van der Waals surface area contributed by atoms with Gasteiger partial charge in [-0.2, -0.15) is 0 Å². The van der Waals surface area contributed by atoms with Gasteiger partial charge in [-0.3, -0.25) is 10.1 Å². The Balaban J connectivity index is 1.80. The molecular formula is C14H26N2O4S. The fraction of sp³-hybridized carbons (Fsp3) is 0.929. The lowest BCUT2D eigenvalue weighted by molar-refractivity contribution is -0.145. The summed E-state index contributed by atoms with van der Waals surface area (Å²) >= 11 is 0. The van der Waals surface area contributed by atoms with Crippen molar-refractivity contribution < 1.29 is 18.3 Å². The molecule has 0 aromatic rings. The third-order valence-corrected chi connectivity index (χ3v) is 6.19. The predicted molar refractivity (Wildman–Crippen MR) is 81.1 cm³/mol. The number of aliphatic carboxylic acids is 1. The van der Waals surface area contributed by atoms with E-state index in [2.05, 4.69) is 10.2 Å². The molecule has 0 radical (unpaired) electrons. The zero-order valence-corrected chi connectivity index (χ0v) is 13.5. The maximum atomic E-state index is 11.6. The lowest BCUT2D eigenvalue weighted by Gasteiger charge is -2.32. The fourth-order valence-corrected chi connectivity index (χ4v) is 4.14. The third kappa shape index (κ3) is 4.66. The summed E-state index contributed by atoms with van der Waals surface area (Å²) in [4.78, 5) is 13.8. The van der Waals surface area contributed by atoms with Crippen molar-refractivity contribution in [1.82, 2.24) is 10.2 Å². The Kier molecular flexibility index (Phi) is 5.27. The molecule has 0 bridgehead atoms. The van der Waals surface area contributed by atoms with E-state index >= 15 is 0 Å². The second-order valence-electron chi connectivity index (χ2n) is 6.26. The van der Waals surface area contributed by atoms with Gasteiger partial charge >= 0.3 is 5.97 Å². The van der Waals surface area contributed by atoms with E-state index in [0.717, 1.165) is 25.8 Å². The molecule has 0 aromatic heterocycles. The topological polar surface area (TPSA) is 86.7 Å². The molecule has 122 valence electrons. The Labute approximate surface area is 126 Å². The molecule has 1 aliphatic heterocycles. The Morgan fingerprint density at radius 2 is 1.95 bits per heavy atom. The van der Waals surface area contributed by atoms with E-state index in [-0.39, 0.29) is 11.5 Å². The molecule has 1 saturated carbocycles. The number of carboxylic acid groups (broad SMARTS) is 1. The van der Waals surface area contributed by atoms with Gasteiger partial charge in [-0.1, -0.05) is 6.92 Å². The Bertz CT molecular complexity index is 461. The summed E-state index contributed by atoms with van der Waals surface area (Å²) in [7, 11) is -2.84. The molecule has 0 aromatic carbocycles. The van der Waals surface area contributed by atoms with E-state index < -0.39 is 21.3 Å². The molecule has 0 spiro atoms. The first-order chi connectivity index (χ1) is 9.87. The summed E-state index contributed by atoms with van der Waals surface area (Å²) in [6, 6.07) is 0.362. The Morgan fingerprint density at radius 1 is 1.33 bits per heavy atom. The van der Waals surface area contributed by atoms with Gasteiger partial charge in [-0.25, -0.2) is 8.42 Å². The highest BCUT2D eigenvalue weighted by molar-refractivity contribution is 7.91. The summed E-state index contributed by atoms with van der Waals surface area (Å²) in [5.41, 5.74) is -0.816. The summed E-state index contributed by atoms with van der Waals surface area (Å²) < 4.78 is 22.8. The first kappa shape index (κ1) is 16.7. The van der Waals surface area contributed by atoms with Crippen molar-refractivity contribution in [3.63, 3.8) is 0 Å². The maximum Gasteiger partial charge on any atom is 0.323 e. The molecule has 2 aliphatic rings. The second-order valence-corrected chi connectivity index (χ2v) is 8.56. The van der Waals surface area contributed by atoms with Crippen LogP contribution in [0.4, 0.5) is 0 Å². The minimum absolute atomic E-state index is 0.227. The maximum absolute atomic E-state index is 11.6. The first-order valence-electron chi connectivity index (χ1n) is 7.81. The number of rotatable bonds is 8. The molecule has 7 heteroatoms. The molecule has 21 heavy (non-hydrogen) atoms. The van der Waals surface area contributed by atoms with Gasteiger partial charge in [0.1, 0.15) is 5.54 Å². The van der Waals surface area contributed by atoms with Crippen LogP contribution in [0.15, 0.2) is 0 Å². The van der Waals surface area contributed by atoms with Crippen LogP contribution < -0.4 is 5.32 Å². The van der Waals surface area contributed by atoms with Crippen LogP contribution in [0, 0.1) is 0 Å². The van der Waals surface area contributed by atoms with E-state index in [4.69, 9.17) is 0 Å². The molecular weight excluding hydrogens is 292 g/mol. The third-order valence-electron chi connectivity index (χ3n) is 4.59.